The summed E-state index contributed by atoms with van der Waals surface area (Å²) in [5.74, 6) is 0.559. The van der Waals surface area contributed by atoms with Gasteiger partial charge in [0.15, 0.2) is 5.13 Å². The second kappa shape index (κ2) is 13.2. The molecule has 1 unspecified atom stereocenters. The minimum Gasteiger partial charge on any atom is -0.343 e. The lowest BCUT2D eigenvalue weighted by Crippen LogP contribution is -2.27. The Balaban J connectivity index is 0.000000830. The van der Waals surface area contributed by atoms with E-state index in [-0.39, 0.29) is 17.6 Å². The van der Waals surface area contributed by atoms with Crippen molar-refractivity contribution in [2.24, 2.45) is 10.9 Å². The molecule has 0 saturated heterocycles. The molecule has 3 rings (SSSR count). The Hall–Kier alpha value is -3.27. The van der Waals surface area contributed by atoms with Gasteiger partial charge in [0.2, 0.25) is 0 Å². The summed E-state index contributed by atoms with van der Waals surface area (Å²) in [6.07, 6.45) is 1.75. The van der Waals surface area contributed by atoms with Crippen LogP contribution in [0.25, 0.3) is 0 Å². The molecule has 0 aliphatic heterocycles. The highest BCUT2D eigenvalue weighted by Crippen LogP contribution is 2.31. The molecule has 0 fully saturated rings. The molecule has 10 heteroatoms. The van der Waals surface area contributed by atoms with E-state index in [1.165, 1.54) is 29.9 Å². The molecule has 6 nitrogen and oxygen atoms in total. The van der Waals surface area contributed by atoms with E-state index in [9.17, 15) is 18.0 Å². The third-order valence-electron chi connectivity index (χ3n) is 5.16. The average Bonchev–Trinajstić information content (AvgIpc) is 3.29. The number of aliphatic imine (C=N–C) groups is 1. The largest absolute Gasteiger partial charge is 0.416 e. The predicted octanol–water partition coefficient (Wildman–Crippen LogP) is 7.87. The van der Waals surface area contributed by atoms with Crippen molar-refractivity contribution in [2.75, 3.05) is 5.32 Å². The number of nitrogens with zero attached hydrogens (tertiary/aromatic N) is 3. The monoisotopic (exact) mass is 519 g/mol. The topological polar surface area (TPSA) is 79.3 Å². The van der Waals surface area contributed by atoms with Gasteiger partial charge in [0, 0.05) is 23.0 Å². The molecule has 0 spiro atoms. The molecule has 194 valence electrons. The molecule has 0 aliphatic rings. The van der Waals surface area contributed by atoms with E-state index in [1.54, 1.807) is 31.6 Å². The molecular weight excluding hydrogens is 487 g/mol. The minimum atomic E-state index is -4.38. The van der Waals surface area contributed by atoms with Crippen LogP contribution >= 0.6 is 11.3 Å². The Bertz CT molecular complexity index is 1160. The zero-order valence-corrected chi connectivity index (χ0v) is 22.1. The number of halogens is 3. The first-order chi connectivity index (χ1) is 16.9. The van der Waals surface area contributed by atoms with Crippen molar-refractivity contribution in [1.29, 1.82) is 0 Å². The van der Waals surface area contributed by atoms with Gasteiger partial charge in [0.1, 0.15) is 5.69 Å². The number of pyridine rings is 1. The summed E-state index contributed by atoms with van der Waals surface area (Å²) in [5.41, 5.74) is 1.60. The number of amides is 1. The van der Waals surface area contributed by atoms with Gasteiger partial charge in [0.25, 0.3) is 5.91 Å². The molecule has 2 heterocycles. The van der Waals surface area contributed by atoms with Crippen molar-refractivity contribution in [3.8, 4) is 0 Å². The number of thiazole rings is 1. The first kappa shape index (κ1) is 29.0. The van der Waals surface area contributed by atoms with Crippen LogP contribution in [0.4, 0.5) is 29.7 Å². The number of rotatable bonds is 7. The molecule has 0 radical (unpaired) electrons. The van der Waals surface area contributed by atoms with Gasteiger partial charge in [-0.05, 0) is 62.6 Å². The van der Waals surface area contributed by atoms with E-state index in [0.717, 1.165) is 28.5 Å². The number of anilines is 2. The van der Waals surface area contributed by atoms with Gasteiger partial charge in [-0.1, -0.05) is 38.5 Å². The van der Waals surface area contributed by atoms with Crippen molar-refractivity contribution >= 4 is 40.0 Å². The third kappa shape index (κ3) is 8.75. The smallest absolute Gasteiger partial charge is 0.343 e. The first-order valence-electron chi connectivity index (χ1n) is 11.6. The van der Waals surface area contributed by atoms with Gasteiger partial charge >= 0.3 is 6.18 Å². The van der Waals surface area contributed by atoms with Crippen LogP contribution in [0.5, 0.6) is 0 Å². The maximum Gasteiger partial charge on any atom is 0.416 e. The van der Waals surface area contributed by atoms with E-state index in [0.29, 0.717) is 16.5 Å². The third-order valence-corrected chi connectivity index (χ3v) is 6.26. The summed E-state index contributed by atoms with van der Waals surface area (Å²) >= 11 is 1.30. The normalized spacial score (nSPS) is 12.3. The van der Waals surface area contributed by atoms with Crippen molar-refractivity contribution in [1.82, 2.24) is 15.3 Å². The Morgan fingerprint density at radius 3 is 2.31 bits per heavy atom. The molecule has 1 aromatic carbocycles. The maximum absolute atomic E-state index is 12.7. The fraction of sp³-hybridized carbons (Fsp3) is 0.385. The van der Waals surface area contributed by atoms with E-state index < -0.39 is 11.7 Å². The number of aryl methyl sites for hydroxylation is 1. The summed E-state index contributed by atoms with van der Waals surface area (Å²) < 4.78 is 38.0. The highest BCUT2D eigenvalue weighted by molar-refractivity contribution is 7.15. The van der Waals surface area contributed by atoms with Gasteiger partial charge < -0.3 is 10.6 Å². The second-order valence-corrected chi connectivity index (χ2v) is 9.57. The maximum atomic E-state index is 12.7. The van der Waals surface area contributed by atoms with Gasteiger partial charge in [-0.25, -0.2) is 9.97 Å². The zero-order chi connectivity index (χ0) is 26.9. The Kier molecular flexibility index (Phi) is 10.6. The predicted molar refractivity (Wildman–Crippen MR) is 141 cm³/mol. The Labute approximate surface area is 214 Å². The SMILES string of the molecule is CC=Nc1cnc(C(=O)NC(C)c2cnc(Nc3ccc(C(F)(F)F)cc3)s2)cc1C.CCC(C)C. The number of benzene rings is 1. The summed E-state index contributed by atoms with van der Waals surface area (Å²) in [6.45, 7) is 12.1. The molecule has 0 saturated carbocycles. The average molecular weight is 520 g/mol. The van der Waals surface area contributed by atoms with Crippen molar-refractivity contribution in [2.45, 2.75) is 60.2 Å². The van der Waals surface area contributed by atoms with E-state index in [1.807, 2.05) is 13.8 Å². The quantitative estimate of drug-likeness (QED) is 0.311. The van der Waals surface area contributed by atoms with Gasteiger partial charge in [-0.15, -0.1) is 0 Å². The molecule has 36 heavy (non-hydrogen) atoms. The summed E-state index contributed by atoms with van der Waals surface area (Å²) in [7, 11) is 0. The van der Waals surface area contributed by atoms with Crippen molar-refractivity contribution < 1.29 is 18.0 Å². The fourth-order valence-electron chi connectivity index (χ4n) is 2.70. The van der Waals surface area contributed by atoms with Gasteiger partial charge in [-0.2, -0.15) is 13.2 Å². The molecule has 0 bridgehead atoms. The van der Waals surface area contributed by atoms with Crippen LogP contribution < -0.4 is 10.6 Å². The Morgan fingerprint density at radius 2 is 1.78 bits per heavy atom. The summed E-state index contributed by atoms with van der Waals surface area (Å²) in [5, 5.41) is 6.35. The molecule has 1 amide bonds. The van der Waals surface area contributed by atoms with E-state index >= 15 is 0 Å². The summed E-state index contributed by atoms with van der Waals surface area (Å²) in [6, 6.07) is 6.04. The second-order valence-electron chi connectivity index (χ2n) is 8.51. The number of hydrogen-bond acceptors (Lipinski definition) is 6. The van der Waals surface area contributed by atoms with Crippen LogP contribution in [0.3, 0.4) is 0 Å². The highest BCUT2D eigenvalue weighted by atomic mass is 32.1. The van der Waals surface area contributed by atoms with Crippen LogP contribution in [-0.4, -0.2) is 22.1 Å². The fourth-order valence-corrected chi connectivity index (χ4v) is 3.54. The lowest BCUT2D eigenvalue weighted by atomic mass is 10.2. The summed E-state index contributed by atoms with van der Waals surface area (Å²) in [4.78, 5) is 25.9. The van der Waals surface area contributed by atoms with Gasteiger partial charge in [-0.3, -0.25) is 9.79 Å². The van der Waals surface area contributed by atoms with Crippen LogP contribution in [-0.2, 0) is 6.18 Å². The van der Waals surface area contributed by atoms with Crippen LogP contribution in [0.1, 0.15) is 73.6 Å². The van der Waals surface area contributed by atoms with Crippen LogP contribution in [0.2, 0.25) is 0 Å². The lowest BCUT2D eigenvalue weighted by molar-refractivity contribution is -0.137. The number of carbonyl (C=O) groups excluding carboxylic acids is 1. The highest BCUT2D eigenvalue weighted by Gasteiger charge is 2.30. The minimum absolute atomic E-state index is 0.284. The molecular formula is C26H32F3N5OS. The lowest BCUT2D eigenvalue weighted by Gasteiger charge is -2.12. The standard InChI is InChI=1S/C21H20F3N5OS.C5H12/c1-4-25-17-10-26-16(9-12(17)2)19(30)28-13(3)18-11-27-20(31-18)29-15-7-5-14(6-8-15)21(22,23)24;1-4-5(2)3/h4-11,13H,1-3H3,(H,27,29)(H,28,30);5H,4H2,1-3H3. The number of nitrogens with one attached hydrogen (secondary N) is 2. The molecule has 1 atom stereocenters. The zero-order valence-electron chi connectivity index (χ0n) is 21.3. The van der Waals surface area contributed by atoms with Crippen molar-refractivity contribution in [3.63, 3.8) is 0 Å². The van der Waals surface area contributed by atoms with Gasteiger partial charge in [0.05, 0.1) is 23.5 Å². The van der Waals surface area contributed by atoms with E-state index in [2.05, 4.69) is 46.4 Å². The number of aromatic nitrogens is 2. The number of carbonyl (C=O) groups is 1. The number of hydrogen-bond donors (Lipinski definition) is 2. The van der Waals surface area contributed by atoms with Crippen molar-refractivity contribution in [3.05, 3.63) is 64.4 Å². The number of alkyl halides is 3. The molecule has 2 aromatic heterocycles. The first-order valence-corrected chi connectivity index (χ1v) is 12.4. The molecule has 2 N–H and O–H groups in total. The van der Waals surface area contributed by atoms with Crippen LogP contribution in [0.15, 0.2) is 47.7 Å². The molecule has 3 aromatic rings. The Morgan fingerprint density at radius 1 is 1.14 bits per heavy atom. The molecule has 0 aliphatic carbocycles. The van der Waals surface area contributed by atoms with E-state index in [4.69, 9.17) is 0 Å². The van der Waals surface area contributed by atoms with Crippen LogP contribution in [0, 0.1) is 12.8 Å².